The lowest BCUT2D eigenvalue weighted by molar-refractivity contribution is 0.171. The lowest BCUT2D eigenvalue weighted by Gasteiger charge is -2.21. The fourth-order valence-electron chi connectivity index (χ4n) is 3.10. The Balaban J connectivity index is 1.48. The maximum Gasteiger partial charge on any atom is 0.165 e. The molecule has 0 spiro atoms. The van der Waals surface area contributed by atoms with Gasteiger partial charge in [-0.2, -0.15) is 0 Å². The zero-order valence-corrected chi connectivity index (χ0v) is 15.2. The Morgan fingerprint density at radius 3 is 2.81 bits per heavy atom. The van der Waals surface area contributed by atoms with E-state index >= 15 is 0 Å². The number of hydrogen-bond donors (Lipinski definition) is 1. The third kappa shape index (κ3) is 3.81. The van der Waals surface area contributed by atoms with Crippen LogP contribution in [-0.4, -0.2) is 41.4 Å². The van der Waals surface area contributed by atoms with E-state index in [0.29, 0.717) is 19.0 Å². The number of ether oxygens (including phenoxy) is 3. The highest BCUT2D eigenvalue weighted by Gasteiger charge is 2.19. The fraction of sp³-hybridized carbons (Fsp3) is 0.300. The van der Waals surface area contributed by atoms with E-state index in [1.807, 2.05) is 36.7 Å². The van der Waals surface area contributed by atoms with Gasteiger partial charge in [-0.3, -0.25) is 4.98 Å². The predicted octanol–water partition coefficient (Wildman–Crippen LogP) is 3.23. The Labute approximate surface area is 157 Å². The van der Waals surface area contributed by atoms with E-state index in [1.54, 1.807) is 19.5 Å². The highest BCUT2D eigenvalue weighted by Crippen LogP contribution is 2.40. The molecule has 0 amide bonds. The molecule has 0 radical (unpaired) electrons. The summed E-state index contributed by atoms with van der Waals surface area (Å²) in [6.07, 6.45) is 8.33. The van der Waals surface area contributed by atoms with Gasteiger partial charge in [0, 0.05) is 43.9 Å². The smallest absolute Gasteiger partial charge is 0.165 e. The number of anilines is 1. The maximum absolute atomic E-state index is 5.72. The number of pyridine rings is 1. The highest BCUT2D eigenvalue weighted by molar-refractivity contribution is 5.70. The molecule has 1 aliphatic rings. The number of aromatic nitrogens is 3. The Hall–Kier alpha value is -3.22. The molecule has 0 unspecified atom stereocenters. The van der Waals surface area contributed by atoms with Crippen molar-refractivity contribution in [2.24, 2.45) is 0 Å². The number of nitrogens with one attached hydrogen (secondary N) is 1. The van der Waals surface area contributed by atoms with E-state index in [0.717, 1.165) is 48.1 Å². The first kappa shape index (κ1) is 17.2. The molecule has 0 bridgehead atoms. The van der Waals surface area contributed by atoms with Crippen LogP contribution in [-0.2, 0) is 6.54 Å². The third-order valence-corrected chi connectivity index (χ3v) is 4.39. The van der Waals surface area contributed by atoms with Gasteiger partial charge in [0.25, 0.3) is 0 Å². The van der Waals surface area contributed by atoms with E-state index in [4.69, 9.17) is 14.2 Å². The second-order valence-electron chi connectivity index (χ2n) is 6.16. The SMILES string of the molecule is COc1cc2c(cc1-c1nccn1CCCNc1cccnc1)OCCO2. The first-order valence-corrected chi connectivity index (χ1v) is 8.98. The van der Waals surface area contributed by atoms with E-state index in [9.17, 15) is 0 Å². The van der Waals surface area contributed by atoms with E-state index in [-0.39, 0.29) is 0 Å². The van der Waals surface area contributed by atoms with Crippen molar-refractivity contribution in [1.82, 2.24) is 14.5 Å². The predicted molar refractivity (Wildman–Crippen MR) is 103 cm³/mol. The molecule has 1 aliphatic heterocycles. The number of methoxy groups -OCH3 is 1. The minimum absolute atomic E-state index is 0.549. The summed E-state index contributed by atoms with van der Waals surface area (Å²) < 4.78 is 19.0. The molecule has 0 fully saturated rings. The number of benzene rings is 1. The Kier molecular flexibility index (Phi) is 5.09. The zero-order valence-electron chi connectivity index (χ0n) is 15.2. The number of nitrogens with zero attached hydrogens (tertiary/aromatic N) is 3. The molecule has 140 valence electrons. The van der Waals surface area contributed by atoms with Crippen LogP contribution in [0.4, 0.5) is 5.69 Å². The molecular weight excluding hydrogens is 344 g/mol. The van der Waals surface area contributed by atoms with Crippen LogP contribution in [0.1, 0.15) is 6.42 Å². The van der Waals surface area contributed by atoms with Crippen molar-refractivity contribution in [3.63, 3.8) is 0 Å². The number of hydrogen-bond acceptors (Lipinski definition) is 6. The molecule has 0 saturated carbocycles. The van der Waals surface area contributed by atoms with Gasteiger partial charge in [-0.1, -0.05) is 0 Å². The van der Waals surface area contributed by atoms with Gasteiger partial charge in [-0.05, 0) is 24.6 Å². The average molecular weight is 366 g/mol. The Morgan fingerprint density at radius 2 is 2.04 bits per heavy atom. The summed E-state index contributed by atoms with van der Waals surface area (Å²) in [6.45, 7) is 2.78. The molecule has 3 heterocycles. The molecule has 1 N–H and O–H groups in total. The summed E-state index contributed by atoms with van der Waals surface area (Å²) in [5, 5.41) is 3.37. The van der Waals surface area contributed by atoms with Gasteiger partial charge in [0.2, 0.25) is 0 Å². The number of rotatable bonds is 7. The van der Waals surface area contributed by atoms with E-state index in [1.165, 1.54) is 0 Å². The Morgan fingerprint density at radius 1 is 1.19 bits per heavy atom. The first-order valence-electron chi connectivity index (χ1n) is 8.98. The molecule has 1 aromatic carbocycles. The van der Waals surface area contributed by atoms with Crippen LogP contribution < -0.4 is 19.5 Å². The van der Waals surface area contributed by atoms with Crippen LogP contribution in [0, 0.1) is 0 Å². The van der Waals surface area contributed by atoms with Gasteiger partial charge in [-0.15, -0.1) is 0 Å². The minimum atomic E-state index is 0.549. The summed E-state index contributed by atoms with van der Waals surface area (Å²) in [7, 11) is 1.65. The first-order chi connectivity index (χ1) is 13.3. The Bertz CT molecular complexity index is 895. The second-order valence-corrected chi connectivity index (χ2v) is 6.16. The topological polar surface area (TPSA) is 70.4 Å². The highest BCUT2D eigenvalue weighted by atomic mass is 16.6. The molecule has 2 aromatic heterocycles. The number of imidazole rings is 1. The van der Waals surface area contributed by atoms with Gasteiger partial charge in [0.05, 0.1) is 18.4 Å². The summed E-state index contributed by atoms with van der Waals surface area (Å²) in [4.78, 5) is 8.64. The quantitative estimate of drug-likeness (QED) is 0.648. The molecule has 0 atom stereocenters. The standard InChI is InChI=1S/C20H22N4O3/c1-25-17-13-19-18(26-10-11-27-19)12-16(17)20-23-7-9-24(20)8-3-6-22-15-4-2-5-21-14-15/h2,4-5,7,9,12-14,22H,3,6,8,10-11H2,1H3. The molecule has 7 nitrogen and oxygen atoms in total. The molecular formula is C20H22N4O3. The molecule has 3 aromatic rings. The van der Waals surface area contributed by atoms with Crippen LogP contribution in [0.2, 0.25) is 0 Å². The van der Waals surface area contributed by atoms with Crippen molar-refractivity contribution >= 4 is 5.69 Å². The normalized spacial score (nSPS) is 12.6. The molecule has 27 heavy (non-hydrogen) atoms. The van der Waals surface area contributed by atoms with E-state index in [2.05, 4.69) is 19.9 Å². The van der Waals surface area contributed by atoms with Crippen LogP contribution >= 0.6 is 0 Å². The lowest BCUT2D eigenvalue weighted by atomic mass is 10.1. The van der Waals surface area contributed by atoms with Crippen LogP contribution in [0.5, 0.6) is 17.2 Å². The van der Waals surface area contributed by atoms with Crippen molar-refractivity contribution in [3.05, 3.63) is 49.1 Å². The van der Waals surface area contributed by atoms with Crippen molar-refractivity contribution in [3.8, 4) is 28.6 Å². The summed E-state index contributed by atoms with van der Waals surface area (Å²) in [6, 6.07) is 7.74. The van der Waals surface area contributed by atoms with Gasteiger partial charge in [0.15, 0.2) is 11.5 Å². The van der Waals surface area contributed by atoms with Gasteiger partial charge in [0.1, 0.15) is 24.8 Å². The monoisotopic (exact) mass is 366 g/mol. The molecule has 4 rings (SSSR count). The van der Waals surface area contributed by atoms with Crippen LogP contribution in [0.15, 0.2) is 49.1 Å². The van der Waals surface area contributed by atoms with Crippen LogP contribution in [0.25, 0.3) is 11.4 Å². The zero-order chi connectivity index (χ0) is 18.5. The summed E-state index contributed by atoms with van der Waals surface area (Å²) >= 11 is 0. The number of aryl methyl sites for hydroxylation is 1. The second kappa shape index (κ2) is 7.99. The lowest BCUT2D eigenvalue weighted by Crippen LogP contribution is -2.15. The van der Waals surface area contributed by atoms with E-state index < -0.39 is 0 Å². The van der Waals surface area contributed by atoms with Crippen molar-refractivity contribution in [1.29, 1.82) is 0 Å². The van der Waals surface area contributed by atoms with Crippen molar-refractivity contribution < 1.29 is 14.2 Å². The van der Waals surface area contributed by atoms with Gasteiger partial charge >= 0.3 is 0 Å². The fourth-order valence-corrected chi connectivity index (χ4v) is 3.10. The van der Waals surface area contributed by atoms with Crippen molar-refractivity contribution in [2.45, 2.75) is 13.0 Å². The average Bonchev–Trinajstić information content (AvgIpc) is 3.19. The van der Waals surface area contributed by atoms with Crippen LogP contribution in [0.3, 0.4) is 0 Å². The van der Waals surface area contributed by atoms with Crippen molar-refractivity contribution in [2.75, 3.05) is 32.2 Å². The molecule has 0 aliphatic carbocycles. The van der Waals surface area contributed by atoms with Gasteiger partial charge < -0.3 is 24.1 Å². The maximum atomic E-state index is 5.72. The summed E-state index contributed by atoms with van der Waals surface area (Å²) in [5.41, 5.74) is 1.92. The summed E-state index contributed by atoms with van der Waals surface area (Å²) in [5.74, 6) is 3.01. The molecule has 0 saturated heterocycles. The molecule has 7 heteroatoms. The third-order valence-electron chi connectivity index (χ3n) is 4.39. The minimum Gasteiger partial charge on any atom is -0.496 e. The largest absolute Gasteiger partial charge is 0.496 e. The number of fused-ring (bicyclic) bond motifs is 1. The van der Waals surface area contributed by atoms with Gasteiger partial charge in [-0.25, -0.2) is 4.98 Å².